The van der Waals surface area contributed by atoms with Gasteiger partial charge in [-0.05, 0) is 31.6 Å². The normalized spacial score (nSPS) is 18.1. The highest BCUT2D eigenvalue weighted by atomic mass is 35.5. The lowest BCUT2D eigenvalue weighted by molar-refractivity contribution is -0.141. The van der Waals surface area contributed by atoms with E-state index in [0.29, 0.717) is 28.6 Å². The fourth-order valence-corrected chi connectivity index (χ4v) is 5.43. The number of nitrogens with zero attached hydrogens (tertiary/aromatic N) is 5. The van der Waals surface area contributed by atoms with Crippen LogP contribution in [0.2, 0.25) is 5.15 Å². The Bertz CT molecular complexity index is 1360. The number of sulfone groups is 1. The Morgan fingerprint density at radius 1 is 1.35 bits per heavy atom. The van der Waals surface area contributed by atoms with Gasteiger partial charge in [-0.3, -0.25) is 4.79 Å². The van der Waals surface area contributed by atoms with Crippen molar-refractivity contribution in [2.24, 2.45) is 0 Å². The number of fused-ring (bicyclic) bond motifs is 1. The van der Waals surface area contributed by atoms with Crippen molar-refractivity contribution < 1.29 is 17.9 Å². The minimum absolute atomic E-state index is 0.0133. The Balaban J connectivity index is 1.45. The lowest BCUT2D eigenvalue weighted by Gasteiger charge is -2.09. The van der Waals surface area contributed by atoms with E-state index in [2.05, 4.69) is 15.4 Å². The lowest BCUT2D eigenvalue weighted by atomic mass is 10.2. The van der Waals surface area contributed by atoms with E-state index in [1.165, 1.54) is 10.8 Å². The molecule has 1 aromatic carbocycles. The van der Waals surface area contributed by atoms with Crippen molar-refractivity contribution >= 4 is 44.4 Å². The molecule has 2 aromatic heterocycles. The summed E-state index contributed by atoms with van der Waals surface area (Å²) in [5.74, 6) is -0.629. The SMILES string of the molecule is Cc1nn([C@@H]2CCS(=O)(=O)C2)c(Cl)c1/C=C/C(=O)OCn1nnc2ccccc2c1=O. The van der Waals surface area contributed by atoms with Crippen LogP contribution in [0.3, 0.4) is 0 Å². The van der Waals surface area contributed by atoms with E-state index in [1.807, 2.05) is 0 Å². The molecule has 3 aromatic rings. The summed E-state index contributed by atoms with van der Waals surface area (Å²) in [4.78, 5) is 24.5. The van der Waals surface area contributed by atoms with Crippen molar-refractivity contribution in [2.75, 3.05) is 11.5 Å². The summed E-state index contributed by atoms with van der Waals surface area (Å²) in [7, 11) is -3.09. The highest BCUT2D eigenvalue weighted by molar-refractivity contribution is 7.91. The van der Waals surface area contributed by atoms with Gasteiger partial charge in [-0.15, -0.1) is 5.10 Å². The van der Waals surface area contributed by atoms with Crippen LogP contribution in [0.15, 0.2) is 35.1 Å². The minimum Gasteiger partial charge on any atom is -0.439 e. The van der Waals surface area contributed by atoms with E-state index in [-0.39, 0.29) is 22.7 Å². The van der Waals surface area contributed by atoms with Crippen LogP contribution in [0.5, 0.6) is 0 Å². The molecule has 0 amide bonds. The van der Waals surface area contributed by atoms with E-state index in [1.54, 1.807) is 31.2 Å². The molecule has 0 N–H and O–H groups in total. The second kappa shape index (κ2) is 8.23. The van der Waals surface area contributed by atoms with Crippen molar-refractivity contribution in [3.05, 3.63) is 57.1 Å². The molecular weight excluding hydrogens is 446 g/mol. The fourth-order valence-electron chi connectivity index (χ4n) is 3.36. The second-order valence-corrected chi connectivity index (χ2v) is 9.72. The summed E-state index contributed by atoms with van der Waals surface area (Å²) in [6, 6.07) is 6.40. The molecule has 31 heavy (non-hydrogen) atoms. The first-order chi connectivity index (χ1) is 14.7. The predicted molar refractivity (Wildman–Crippen MR) is 113 cm³/mol. The Morgan fingerprint density at radius 3 is 2.87 bits per heavy atom. The minimum atomic E-state index is -3.09. The number of carbonyl (C=O) groups is 1. The molecule has 1 aliphatic heterocycles. The first kappa shape index (κ1) is 21.2. The molecule has 0 bridgehead atoms. The summed E-state index contributed by atoms with van der Waals surface area (Å²) < 4.78 is 31.0. The van der Waals surface area contributed by atoms with Gasteiger partial charge in [-0.2, -0.15) is 9.78 Å². The van der Waals surface area contributed by atoms with Crippen molar-refractivity contribution in [1.29, 1.82) is 0 Å². The van der Waals surface area contributed by atoms with E-state index in [4.69, 9.17) is 16.3 Å². The van der Waals surface area contributed by atoms with Crippen LogP contribution < -0.4 is 5.56 Å². The first-order valence-corrected chi connectivity index (χ1v) is 11.6. The number of hydrogen-bond donors (Lipinski definition) is 0. The van der Waals surface area contributed by atoms with E-state index < -0.39 is 28.1 Å². The maximum absolute atomic E-state index is 12.4. The first-order valence-electron chi connectivity index (χ1n) is 9.37. The van der Waals surface area contributed by atoms with E-state index in [0.717, 1.165) is 10.8 Å². The molecule has 162 valence electrons. The molecule has 1 saturated heterocycles. The summed E-state index contributed by atoms with van der Waals surface area (Å²) in [5, 5.41) is 12.6. The number of hydrogen-bond acceptors (Lipinski definition) is 8. The molecule has 4 rings (SSSR count). The number of aromatic nitrogens is 5. The molecule has 10 nitrogen and oxygen atoms in total. The number of halogens is 1. The third kappa shape index (κ3) is 4.37. The van der Waals surface area contributed by atoms with Gasteiger partial charge in [0.2, 0.25) is 0 Å². The summed E-state index contributed by atoms with van der Waals surface area (Å²) >= 11 is 6.37. The van der Waals surface area contributed by atoms with Gasteiger partial charge in [0, 0.05) is 11.6 Å². The number of carbonyl (C=O) groups excluding carboxylic acids is 1. The molecule has 0 spiro atoms. The Morgan fingerprint density at radius 2 is 2.13 bits per heavy atom. The summed E-state index contributed by atoms with van der Waals surface area (Å²) in [6.45, 7) is 1.31. The summed E-state index contributed by atoms with van der Waals surface area (Å²) in [5.41, 5.74) is 1.07. The van der Waals surface area contributed by atoms with E-state index in [9.17, 15) is 18.0 Å². The average molecular weight is 464 g/mol. The molecule has 0 radical (unpaired) electrons. The number of benzene rings is 1. The standard InChI is InChI=1S/C19H18ClN5O5S/c1-12-14(18(20)25(22-12)13-8-9-31(28,29)10-13)6-7-17(26)30-11-24-19(27)15-4-2-3-5-16(15)21-23-24/h2-7,13H,8-11H2,1H3/b7-6+/t13-/m1/s1. The third-order valence-electron chi connectivity index (χ3n) is 4.97. The van der Waals surface area contributed by atoms with Crippen molar-refractivity contribution in [1.82, 2.24) is 24.8 Å². The van der Waals surface area contributed by atoms with Crippen LogP contribution in [-0.2, 0) is 26.1 Å². The number of aryl methyl sites for hydroxylation is 1. The quantitative estimate of drug-likeness (QED) is 0.411. The van der Waals surface area contributed by atoms with Gasteiger partial charge < -0.3 is 4.74 Å². The summed E-state index contributed by atoms with van der Waals surface area (Å²) in [6.07, 6.45) is 3.04. The number of rotatable bonds is 5. The zero-order valence-corrected chi connectivity index (χ0v) is 18.0. The average Bonchev–Trinajstić information content (AvgIpc) is 3.24. The van der Waals surface area contributed by atoms with Gasteiger partial charge in [-0.25, -0.2) is 17.9 Å². The third-order valence-corrected chi connectivity index (χ3v) is 7.10. The number of ether oxygens (including phenoxy) is 1. The monoisotopic (exact) mass is 463 g/mol. The highest BCUT2D eigenvalue weighted by Crippen LogP contribution is 2.30. The van der Waals surface area contributed by atoms with E-state index >= 15 is 0 Å². The largest absolute Gasteiger partial charge is 0.439 e. The maximum Gasteiger partial charge on any atom is 0.332 e. The zero-order chi connectivity index (χ0) is 22.2. The van der Waals surface area contributed by atoms with Crippen LogP contribution in [-0.4, -0.2) is 50.7 Å². The van der Waals surface area contributed by atoms with Crippen LogP contribution in [0.1, 0.15) is 23.7 Å². The van der Waals surface area contributed by atoms with Crippen molar-refractivity contribution in [2.45, 2.75) is 26.1 Å². The lowest BCUT2D eigenvalue weighted by Crippen LogP contribution is -2.26. The van der Waals surface area contributed by atoms with Crippen LogP contribution in [0.25, 0.3) is 17.0 Å². The second-order valence-electron chi connectivity index (χ2n) is 7.13. The molecule has 1 fully saturated rings. The van der Waals surface area contributed by atoms with Gasteiger partial charge in [0.05, 0.1) is 28.6 Å². The van der Waals surface area contributed by atoms with Crippen LogP contribution in [0, 0.1) is 6.92 Å². The Hall–Kier alpha value is -3.05. The molecule has 0 saturated carbocycles. The molecule has 0 unspecified atom stereocenters. The number of esters is 1. The predicted octanol–water partition coefficient (Wildman–Crippen LogP) is 1.52. The zero-order valence-electron chi connectivity index (χ0n) is 16.4. The Kier molecular flexibility index (Phi) is 5.63. The molecule has 12 heteroatoms. The maximum atomic E-state index is 12.4. The Labute approximate surface area is 182 Å². The van der Waals surface area contributed by atoms with Gasteiger partial charge >= 0.3 is 5.97 Å². The highest BCUT2D eigenvalue weighted by Gasteiger charge is 2.31. The fraction of sp³-hybridized carbons (Fsp3) is 0.316. The molecule has 0 aliphatic carbocycles. The molecule has 3 heterocycles. The smallest absolute Gasteiger partial charge is 0.332 e. The van der Waals surface area contributed by atoms with Crippen molar-refractivity contribution in [3.8, 4) is 0 Å². The van der Waals surface area contributed by atoms with Gasteiger partial charge in [0.15, 0.2) is 16.6 Å². The van der Waals surface area contributed by atoms with Crippen LogP contribution >= 0.6 is 11.6 Å². The van der Waals surface area contributed by atoms with Gasteiger partial charge in [0.1, 0.15) is 10.7 Å². The van der Waals surface area contributed by atoms with Crippen LogP contribution in [0.4, 0.5) is 0 Å². The van der Waals surface area contributed by atoms with Crippen molar-refractivity contribution in [3.63, 3.8) is 0 Å². The van der Waals surface area contributed by atoms with Gasteiger partial charge in [0.25, 0.3) is 5.56 Å². The topological polar surface area (TPSA) is 126 Å². The molecule has 1 aliphatic rings. The molecular formula is C19H18ClN5O5S. The molecule has 1 atom stereocenters. The van der Waals surface area contributed by atoms with Gasteiger partial charge in [-0.1, -0.05) is 28.9 Å².